The summed E-state index contributed by atoms with van der Waals surface area (Å²) in [6.45, 7) is 7.72. The standard InChI is InChI=1S/C10H20N4/c1-4-14-9(2)10(7-12-14)8-13(3)6-5-11/h7H,4-6,8,11H2,1-3H3. The number of aryl methyl sites for hydroxylation is 1. The van der Waals surface area contributed by atoms with E-state index >= 15 is 0 Å². The Morgan fingerprint density at radius 1 is 1.57 bits per heavy atom. The summed E-state index contributed by atoms with van der Waals surface area (Å²) in [6.07, 6.45) is 1.95. The van der Waals surface area contributed by atoms with Gasteiger partial charge in [-0.25, -0.2) is 0 Å². The van der Waals surface area contributed by atoms with E-state index in [1.165, 1.54) is 11.3 Å². The van der Waals surface area contributed by atoms with Crippen molar-refractivity contribution < 1.29 is 0 Å². The fraction of sp³-hybridized carbons (Fsp3) is 0.700. The zero-order chi connectivity index (χ0) is 10.6. The smallest absolute Gasteiger partial charge is 0.0537 e. The van der Waals surface area contributed by atoms with Gasteiger partial charge >= 0.3 is 0 Å². The van der Waals surface area contributed by atoms with E-state index in [1.54, 1.807) is 0 Å². The molecule has 1 aromatic heterocycles. The van der Waals surface area contributed by atoms with Gasteiger partial charge in [0.25, 0.3) is 0 Å². The quantitative estimate of drug-likeness (QED) is 0.750. The third-order valence-electron chi connectivity index (χ3n) is 2.46. The minimum absolute atomic E-state index is 0.706. The molecule has 0 aliphatic heterocycles. The first-order chi connectivity index (χ1) is 6.69. The van der Waals surface area contributed by atoms with Crippen LogP contribution in [0, 0.1) is 6.92 Å². The normalized spacial score (nSPS) is 11.2. The van der Waals surface area contributed by atoms with E-state index in [1.807, 2.05) is 10.9 Å². The molecule has 0 fully saturated rings. The van der Waals surface area contributed by atoms with E-state index in [9.17, 15) is 0 Å². The molecule has 14 heavy (non-hydrogen) atoms. The molecule has 1 aromatic rings. The molecule has 0 radical (unpaired) electrons. The molecule has 0 aromatic carbocycles. The van der Waals surface area contributed by atoms with Crippen LogP contribution in [0.4, 0.5) is 0 Å². The van der Waals surface area contributed by atoms with E-state index in [-0.39, 0.29) is 0 Å². The number of hydrogen-bond donors (Lipinski definition) is 1. The van der Waals surface area contributed by atoms with Crippen molar-refractivity contribution in [3.05, 3.63) is 17.5 Å². The van der Waals surface area contributed by atoms with Crippen LogP contribution in [0.1, 0.15) is 18.2 Å². The van der Waals surface area contributed by atoms with Crippen molar-refractivity contribution in [3.63, 3.8) is 0 Å². The van der Waals surface area contributed by atoms with Crippen LogP contribution in [0.25, 0.3) is 0 Å². The van der Waals surface area contributed by atoms with Gasteiger partial charge in [-0.3, -0.25) is 4.68 Å². The highest BCUT2D eigenvalue weighted by atomic mass is 15.3. The molecule has 0 amide bonds. The summed E-state index contributed by atoms with van der Waals surface area (Å²) >= 11 is 0. The molecular formula is C10H20N4. The Kier molecular flexibility index (Phi) is 4.10. The van der Waals surface area contributed by atoms with Crippen molar-refractivity contribution in [2.45, 2.75) is 26.9 Å². The van der Waals surface area contributed by atoms with Crippen LogP contribution in [0.15, 0.2) is 6.20 Å². The lowest BCUT2D eigenvalue weighted by Crippen LogP contribution is -2.25. The molecule has 0 atom stereocenters. The molecule has 0 saturated heterocycles. The van der Waals surface area contributed by atoms with Crippen LogP contribution in [0.3, 0.4) is 0 Å². The van der Waals surface area contributed by atoms with E-state index in [0.29, 0.717) is 6.54 Å². The molecule has 2 N–H and O–H groups in total. The van der Waals surface area contributed by atoms with Crippen molar-refractivity contribution in [1.29, 1.82) is 0 Å². The molecule has 4 nitrogen and oxygen atoms in total. The monoisotopic (exact) mass is 196 g/mol. The van der Waals surface area contributed by atoms with E-state index in [0.717, 1.165) is 19.6 Å². The maximum absolute atomic E-state index is 5.49. The van der Waals surface area contributed by atoms with Crippen LogP contribution in [0.2, 0.25) is 0 Å². The molecule has 0 unspecified atom stereocenters. The van der Waals surface area contributed by atoms with Gasteiger partial charge in [0.05, 0.1) is 6.20 Å². The lowest BCUT2D eigenvalue weighted by Gasteiger charge is -2.14. The Morgan fingerprint density at radius 3 is 2.79 bits per heavy atom. The van der Waals surface area contributed by atoms with Gasteiger partial charge in [0.15, 0.2) is 0 Å². The van der Waals surface area contributed by atoms with Crippen LogP contribution < -0.4 is 5.73 Å². The van der Waals surface area contributed by atoms with Crippen molar-refractivity contribution in [2.75, 3.05) is 20.1 Å². The Morgan fingerprint density at radius 2 is 2.29 bits per heavy atom. The summed E-state index contributed by atoms with van der Waals surface area (Å²) in [4.78, 5) is 2.21. The molecule has 0 aliphatic rings. The van der Waals surface area contributed by atoms with E-state index in [2.05, 4.69) is 30.9 Å². The first-order valence-corrected chi connectivity index (χ1v) is 5.09. The minimum Gasteiger partial charge on any atom is -0.329 e. The Balaban J connectivity index is 2.62. The fourth-order valence-corrected chi connectivity index (χ4v) is 1.55. The summed E-state index contributed by atoms with van der Waals surface area (Å²) < 4.78 is 2.02. The Labute approximate surface area is 85.7 Å². The zero-order valence-corrected chi connectivity index (χ0v) is 9.32. The Hall–Kier alpha value is -0.870. The number of nitrogens with zero attached hydrogens (tertiary/aromatic N) is 3. The molecule has 1 rings (SSSR count). The van der Waals surface area contributed by atoms with E-state index < -0.39 is 0 Å². The predicted molar refractivity (Wildman–Crippen MR) is 58.0 cm³/mol. The first kappa shape index (κ1) is 11.2. The molecule has 0 aliphatic carbocycles. The van der Waals surface area contributed by atoms with Gasteiger partial charge in [-0.2, -0.15) is 5.10 Å². The summed E-state index contributed by atoms with van der Waals surface area (Å²) in [7, 11) is 2.08. The number of nitrogens with two attached hydrogens (primary N) is 1. The second kappa shape index (κ2) is 5.12. The van der Waals surface area contributed by atoms with Gasteiger partial charge in [-0.15, -0.1) is 0 Å². The van der Waals surface area contributed by atoms with Crippen LogP contribution in [-0.2, 0) is 13.1 Å². The molecule has 0 bridgehead atoms. The summed E-state index contributed by atoms with van der Waals surface area (Å²) in [5, 5.41) is 4.31. The lowest BCUT2D eigenvalue weighted by atomic mass is 10.2. The number of likely N-dealkylation sites (N-methyl/N-ethyl adjacent to an activating group) is 1. The van der Waals surface area contributed by atoms with Gasteiger partial charge < -0.3 is 10.6 Å². The van der Waals surface area contributed by atoms with E-state index in [4.69, 9.17) is 5.73 Å². The summed E-state index contributed by atoms with van der Waals surface area (Å²) in [5.74, 6) is 0. The van der Waals surface area contributed by atoms with Crippen molar-refractivity contribution in [1.82, 2.24) is 14.7 Å². The van der Waals surface area contributed by atoms with Crippen molar-refractivity contribution in [3.8, 4) is 0 Å². The molecule has 1 heterocycles. The Bertz CT molecular complexity index is 280. The highest BCUT2D eigenvalue weighted by molar-refractivity contribution is 5.15. The average molecular weight is 196 g/mol. The van der Waals surface area contributed by atoms with Crippen LogP contribution in [0.5, 0.6) is 0 Å². The molecule has 0 spiro atoms. The van der Waals surface area contributed by atoms with Gasteiger partial charge in [0, 0.05) is 37.4 Å². The fourth-order valence-electron chi connectivity index (χ4n) is 1.55. The topological polar surface area (TPSA) is 47.1 Å². The summed E-state index contributed by atoms with van der Waals surface area (Å²) in [6, 6.07) is 0. The first-order valence-electron chi connectivity index (χ1n) is 5.09. The number of hydrogen-bond acceptors (Lipinski definition) is 3. The van der Waals surface area contributed by atoms with Crippen LogP contribution in [-0.4, -0.2) is 34.8 Å². The molecular weight excluding hydrogens is 176 g/mol. The lowest BCUT2D eigenvalue weighted by molar-refractivity contribution is 0.335. The third-order valence-corrected chi connectivity index (χ3v) is 2.46. The van der Waals surface area contributed by atoms with Gasteiger partial charge in [0.1, 0.15) is 0 Å². The maximum atomic E-state index is 5.49. The molecule has 0 saturated carbocycles. The van der Waals surface area contributed by atoms with Crippen molar-refractivity contribution >= 4 is 0 Å². The van der Waals surface area contributed by atoms with Gasteiger partial charge in [-0.05, 0) is 20.9 Å². The average Bonchev–Trinajstić information content (AvgIpc) is 2.48. The van der Waals surface area contributed by atoms with Gasteiger partial charge in [-0.1, -0.05) is 0 Å². The van der Waals surface area contributed by atoms with Crippen molar-refractivity contribution in [2.24, 2.45) is 5.73 Å². The molecule has 4 heteroatoms. The second-order valence-electron chi connectivity index (χ2n) is 3.60. The van der Waals surface area contributed by atoms with Crippen LogP contribution >= 0.6 is 0 Å². The second-order valence-corrected chi connectivity index (χ2v) is 3.60. The predicted octanol–water partition coefficient (Wildman–Crippen LogP) is 0.602. The van der Waals surface area contributed by atoms with Gasteiger partial charge in [0.2, 0.25) is 0 Å². The minimum atomic E-state index is 0.706. The largest absolute Gasteiger partial charge is 0.329 e. The number of aromatic nitrogens is 2. The highest BCUT2D eigenvalue weighted by Gasteiger charge is 2.06. The zero-order valence-electron chi connectivity index (χ0n) is 9.32. The maximum Gasteiger partial charge on any atom is 0.0537 e. The molecule has 80 valence electrons. The number of rotatable bonds is 5. The SMILES string of the molecule is CCn1ncc(CN(C)CCN)c1C. The summed E-state index contributed by atoms with van der Waals surface area (Å²) in [5.41, 5.74) is 8.04. The highest BCUT2D eigenvalue weighted by Crippen LogP contribution is 2.08. The third kappa shape index (κ3) is 2.56.